The molecule has 0 N–H and O–H groups in total. The van der Waals surface area contributed by atoms with Crippen LogP contribution in [0.25, 0.3) is 0 Å². The van der Waals surface area contributed by atoms with Crippen molar-refractivity contribution in [2.75, 3.05) is 6.54 Å². The number of aromatic nitrogens is 1. The van der Waals surface area contributed by atoms with E-state index in [1.165, 1.54) is 4.90 Å². The van der Waals surface area contributed by atoms with Gasteiger partial charge in [0.2, 0.25) is 11.8 Å². The van der Waals surface area contributed by atoms with Gasteiger partial charge in [-0.2, -0.15) is 0 Å². The number of alkyl halides is 1. The molecule has 0 aliphatic carbocycles. The van der Waals surface area contributed by atoms with Gasteiger partial charge in [0.05, 0.1) is 19.4 Å². The van der Waals surface area contributed by atoms with Crippen molar-refractivity contribution in [2.45, 2.75) is 38.4 Å². The van der Waals surface area contributed by atoms with Crippen molar-refractivity contribution in [1.82, 2.24) is 14.4 Å². The highest BCUT2D eigenvalue weighted by atomic mass is 35.5. The van der Waals surface area contributed by atoms with Crippen molar-refractivity contribution in [3.05, 3.63) is 84.1 Å². The highest BCUT2D eigenvalue weighted by Gasteiger charge is 2.29. The summed E-state index contributed by atoms with van der Waals surface area (Å²) in [4.78, 5) is 29.7. The molecular weight excluding hydrogens is 414 g/mol. The number of hydrogen-bond acceptors (Lipinski definition) is 3. The molecule has 2 aromatic heterocycles. The number of furan rings is 1. The number of rotatable bonds is 9. The molecule has 0 spiro atoms. The predicted octanol–water partition coefficient (Wildman–Crippen LogP) is 4.36. The molecule has 3 rings (SSSR count). The first-order chi connectivity index (χ1) is 14.9. The highest BCUT2D eigenvalue weighted by molar-refractivity contribution is 6.30. The smallest absolute Gasteiger partial charge is 0.245 e. The van der Waals surface area contributed by atoms with Crippen LogP contribution in [-0.2, 0) is 29.7 Å². The zero-order valence-electron chi connectivity index (χ0n) is 18.1. The normalized spacial score (nSPS) is 12.0. The van der Waals surface area contributed by atoms with Crippen molar-refractivity contribution < 1.29 is 14.0 Å². The second kappa shape index (κ2) is 10.4. The first kappa shape index (κ1) is 22.7. The van der Waals surface area contributed by atoms with E-state index in [1.807, 2.05) is 80.2 Å². The molecule has 7 heteroatoms. The topological polar surface area (TPSA) is 58.7 Å². The third-order valence-corrected chi connectivity index (χ3v) is 5.64. The van der Waals surface area contributed by atoms with Crippen LogP contribution in [0.1, 0.15) is 36.2 Å². The molecule has 3 aromatic rings. The monoisotopic (exact) mass is 441 g/mol. The molecule has 6 nitrogen and oxygen atoms in total. The molecule has 2 heterocycles. The zero-order chi connectivity index (χ0) is 22.4. The van der Waals surface area contributed by atoms with Crippen molar-refractivity contribution in [3.8, 4) is 0 Å². The molecule has 0 fully saturated rings. The number of carbonyl (C=O) groups is 2. The standard InChI is InChI=1S/C24H28ClN3O3/c1-18(2)28(24(30)23(25)19-9-5-4-6-10-19)17-22(29)27(16-21-12-8-14-31-21)15-20-11-7-13-26(20)3/h4-14,18,23H,15-17H2,1-3H3. The Morgan fingerprint density at radius 2 is 1.77 bits per heavy atom. The maximum atomic E-state index is 13.3. The van der Waals surface area contributed by atoms with Gasteiger partial charge < -0.3 is 18.8 Å². The SMILES string of the molecule is CC(C)N(CC(=O)N(Cc1ccco1)Cc1cccn1C)C(=O)C(Cl)c1ccccc1. The van der Waals surface area contributed by atoms with Crippen LogP contribution in [0.4, 0.5) is 0 Å². The van der Waals surface area contributed by atoms with Crippen LogP contribution in [0, 0.1) is 0 Å². The van der Waals surface area contributed by atoms with Crippen LogP contribution < -0.4 is 0 Å². The molecule has 1 atom stereocenters. The minimum Gasteiger partial charge on any atom is -0.467 e. The summed E-state index contributed by atoms with van der Waals surface area (Å²) in [5.41, 5.74) is 1.70. The Morgan fingerprint density at radius 1 is 1.03 bits per heavy atom. The molecule has 0 radical (unpaired) electrons. The Bertz CT molecular complexity index is 983. The molecule has 1 aromatic carbocycles. The van der Waals surface area contributed by atoms with Crippen LogP contribution in [0.2, 0.25) is 0 Å². The molecule has 0 saturated carbocycles. The van der Waals surface area contributed by atoms with Gasteiger partial charge >= 0.3 is 0 Å². The summed E-state index contributed by atoms with van der Waals surface area (Å²) in [6, 6.07) is 16.5. The average molecular weight is 442 g/mol. The molecule has 1 unspecified atom stereocenters. The van der Waals surface area contributed by atoms with Crippen LogP contribution in [0.15, 0.2) is 71.5 Å². The van der Waals surface area contributed by atoms with E-state index >= 15 is 0 Å². The minimum atomic E-state index is -0.845. The summed E-state index contributed by atoms with van der Waals surface area (Å²) in [7, 11) is 1.94. The van der Waals surface area contributed by atoms with Crippen molar-refractivity contribution in [1.29, 1.82) is 0 Å². The highest BCUT2D eigenvalue weighted by Crippen LogP contribution is 2.24. The maximum Gasteiger partial charge on any atom is 0.245 e. The number of nitrogens with zero attached hydrogens (tertiary/aromatic N) is 3. The minimum absolute atomic E-state index is 0.0579. The number of carbonyl (C=O) groups excluding carboxylic acids is 2. The van der Waals surface area contributed by atoms with Crippen LogP contribution in [-0.4, -0.2) is 38.8 Å². The number of benzene rings is 1. The summed E-state index contributed by atoms with van der Waals surface area (Å²) in [5.74, 6) is 0.231. The van der Waals surface area contributed by atoms with E-state index in [0.717, 1.165) is 5.69 Å². The first-order valence-electron chi connectivity index (χ1n) is 10.3. The molecule has 0 aliphatic rings. The van der Waals surface area contributed by atoms with Crippen molar-refractivity contribution in [2.24, 2.45) is 7.05 Å². The number of amides is 2. The van der Waals surface area contributed by atoms with E-state index in [9.17, 15) is 9.59 Å². The van der Waals surface area contributed by atoms with Crippen LogP contribution in [0.5, 0.6) is 0 Å². The van der Waals surface area contributed by atoms with E-state index in [1.54, 1.807) is 17.2 Å². The third kappa shape index (κ3) is 5.79. The first-order valence-corrected chi connectivity index (χ1v) is 10.7. The van der Waals surface area contributed by atoms with Gasteiger partial charge in [-0.25, -0.2) is 0 Å². The fraction of sp³-hybridized carbons (Fsp3) is 0.333. The molecule has 0 bridgehead atoms. The summed E-state index contributed by atoms with van der Waals surface area (Å²) in [6.45, 7) is 4.44. The number of aryl methyl sites for hydroxylation is 1. The quantitative estimate of drug-likeness (QED) is 0.463. The molecule has 0 aliphatic heterocycles. The second-order valence-electron chi connectivity index (χ2n) is 7.77. The van der Waals surface area contributed by atoms with Gasteiger partial charge in [-0.1, -0.05) is 30.3 Å². The van der Waals surface area contributed by atoms with E-state index in [-0.39, 0.29) is 24.4 Å². The average Bonchev–Trinajstić information content (AvgIpc) is 3.42. The van der Waals surface area contributed by atoms with Gasteiger partial charge in [0.15, 0.2) is 0 Å². The van der Waals surface area contributed by atoms with Gasteiger partial charge in [-0.3, -0.25) is 9.59 Å². The molecule has 2 amide bonds. The fourth-order valence-corrected chi connectivity index (χ4v) is 3.62. The lowest BCUT2D eigenvalue weighted by Crippen LogP contribution is -2.46. The lowest BCUT2D eigenvalue weighted by Gasteiger charge is -2.31. The van der Waals surface area contributed by atoms with Crippen molar-refractivity contribution in [3.63, 3.8) is 0 Å². The molecule has 164 valence electrons. The Balaban J connectivity index is 1.78. The Morgan fingerprint density at radius 3 is 2.35 bits per heavy atom. The number of halogens is 1. The van der Waals surface area contributed by atoms with Gasteiger partial charge in [0.25, 0.3) is 0 Å². The van der Waals surface area contributed by atoms with E-state index in [4.69, 9.17) is 16.0 Å². The fourth-order valence-electron chi connectivity index (χ4n) is 3.35. The second-order valence-corrected chi connectivity index (χ2v) is 8.21. The zero-order valence-corrected chi connectivity index (χ0v) is 18.8. The van der Waals surface area contributed by atoms with Gasteiger partial charge in [0.1, 0.15) is 17.7 Å². The maximum absolute atomic E-state index is 13.3. The molecule has 0 saturated heterocycles. The Labute approximate surface area is 188 Å². The third-order valence-electron chi connectivity index (χ3n) is 5.20. The largest absolute Gasteiger partial charge is 0.467 e. The summed E-state index contributed by atoms with van der Waals surface area (Å²) in [6.07, 6.45) is 3.52. The van der Waals surface area contributed by atoms with Crippen molar-refractivity contribution >= 4 is 23.4 Å². The molecular formula is C24H28ClN3O3. The number of hydrogen-bond donors (Lipinski definition) is 0. The van der Waals surface area contributed by atoms with Gasteiger partial charge in [-0.15, -0.1) is 11.6 Å². The lowest BCUT2D eigenvalue weighted by atomic mass is 10.1. The van der Waals surface area contributed by atoms with E-state index in [2.05, 4.69) is 0 Å². The van der Waals surface area contributed by atoms with Crippen LogP contribution in [0.3, 0.4) is 0 Å². The van der Waals surface area contributed by atoms with E-state index < -0.39 is 5.38 Å². The summed E-state index contributed by atoms with van der Waals surface area (Å²) in [5, 5.41) is -0.845. The molecule has 31 heavy (non-hydrogen) atoms. The Hall–Kier alpha value is -2.99. The van der Waals surface area contributed by atoms with Gasteiger partial charge in [-0.05, 0) is 43.7 Å². The van der Waals surface area contributed by atoms with Crippen LogP contribution >= 0.6 is 11.6 Å². The summed E-state index contributed by atoms with van der Waals surface area (Å²) >= 11 is 6.48. The van der Waals surface area contributed by atoms with Gasteiger partial charge in [0, 0.05) is 25.0 Å². The van der Waals surface area contributed by atoms with E-state index in [0.29, 0.717) is 24.4 Å². The lowest BCUT2D eigenvalue weighted by molar-refractivity contribution is -0.142. The Kier molecular flexibility index (Phi) is 7.58. The predicted molar refractivity (Wildman–Crippen MR) is 120 cm³/mol. The summed E-state index contributed by atoms with van der Waals surface area (Å²) < 4.78 is 7.43.